The van der Waals surface area contributed by atoms with E-state index in [0.29, 0.717) is 4.47 Å². The van der Waals surface area contributed by atoms with Crippen molar-refractivity contribution in [3.8, 4) is 5.75 Å². The molecule has 2 amide bonds. The molecule has 0 aromatic heterocycles. The van der Waals surface area contributed by atoms with Crippen molar-refractivity contribution in [1.29, 1.82) is 0 Å². The van der Waals surface area contributed by atoms with Gasteiger partial charge in [0.15, 0.2) is 6.17 Å². The minimum absolute atomic E-state index is 0.148. The van der Waals surface area contributed by atoms with E-state index in [0.717, 1.165) is 4.90 Å². The molecule has 3 N–H and O–H groups in total. The SMILES string of the molecule is CC(C)(C)C1[C@@H](F)[C@@H](Oc2ccc(Br)cc2C(N)=O)CCN1C(=O)O. The summed E-state index contributed by atoms with van der Waals surface area (Å²) in [7, 11) is 0. The molecule has 138 valence electrons. The van der Waals surface area contributed by atoms with Gasteiger partial charge in [-0.15, -0.1) is 0 Å². The largest absolute Gasteiger partial charge is 0.486 e. The normalized spacial score (nSPS) is 24.0. The fraction of sp³-hybridized carbons (Fsp3) is 0.529. The van der Waals surface area contributed by atoms with Crippen LogP contribution in [0.15, 0.2) is 22.7 Å². The molecule has 0 saturated carbocycles. The van der Waals surface area contributed by atoms with Gasteiger partial charge in [0.05, 0.1) is 11.6 Å². The van der Waals surface area contributed by atoms with Crippen molar-refractivity contribution in [2.75, 3.05) is 6.54 Å². The lowest BCUT2D eigenvalue weighted by molar-refractivity contribution is -0.0514. The molecule has 1 heterocycles. The van der Waals surface area contributed by atoms with Gasteiger partial charge < -0.3 is 20.5 Å². The molecular weight excluding hydrogens is 395 g/mol. The molecule has 1 aliphatic heterocycles. The van der Waals surface area contributed by atoms with Gasteiger partial charge in [-0.1, -0.05) is 36.7 Å². The van der Waals surface area contributed by atoms with Crippen LogP contribution in [-0.2, 0) is 0 Å². The van der Waals surface area contributed by atoms with Crippen LogP contribution < -0.4 is 10.5 Å². The summed E-state index contributed by atoms with van der Waals surface area (Å²) in [6, 6.07) is 3.88. The maximum absolute atomic E-state index is 15.2. The van der Waals surface area contributed by atoms with Crippen LogP contribution in [0.3, 0.4) is 0 Å². The standard InChI is InChI=1S/C17H22BrFN2O4/c1-17(2,3)14-13(19)12(6-7-21(14)16(23)24)25-11-5-4-9(18)8-10(11)15(20)22/h4-5,8,12-14H,6-7H2,1-3H3,(H2,20,22)(H,23,24)/t12-,13-,14?/m0/s1. The van der Waals surface area contributed by atoms with E-state index in [1.807, 2.05) is 0 Å². The molecule has 0 aliphatic carbocycles. The zero-order valence-electron chi connectivity index (χ0n) is 14.3. The second kappa shape index (κ2) is 7.19. The second-order valence-electron chi connectivity index (χ2n) is 7.18. The van der Waals surface area contributed by atoms with Crippen LogP contribution in [0.5, 0.6) is 5.75 Å². The average molecular weight is 417 g/mol. The number of ether oxygens (including phenoxy) is 1. The molecule has 1 fully saturated rings. The van der Waals surface area contributed by atoms with Gasteiger partial charge in [-0.25, -0.2) is 9.18 Å². The highest BCUT2D eigenvalue weighted by atomic mass is 79.9. The van der Waals surface area contributed by atoms with Gasteiger partial charge in [0.25, 0.3) is 5.91 Å². The van der Waals surface area contributed by atoms with Crippen molar-refractivity contribution < 1.29 is 23.8 Å². The summed E-state index contributed by atoms with van der Waals surface area (Å²) in [5, 5.41) is 9.37. The summed E-state index contributed by atoms with van der Waals surface area (Å²) < 4.78 is 21.6. The topological polar surface area (TPSA) is 92.9 Å². The van der Waals surface area contributed by atoms with E-state index in [9.17, 15) is 14.7 Å². The Morgan fingerprint density at radius 2 is 2.04 bits per heavy atom. The summed E-state index contributed by atoms with van der Waals surface area (Å²) in [6.07, 6.45) is -3.36. The first-order chi connectivity index (χ1) is 11.5. The fourth-order valence-electron chi connectivity index (χ4n) is 3.18. The Morgan fingerprint density at radius 1 is 1.40 bits per heavy atom. The summed E-state index contributed by atoms with van der Waals surface area (Å²) in [6.45, 7) is 5.52. The molecule has 8 heteroatoms. The molecular formula is C17H22BrFN2O4. The fourth-order valence-corrected chi connectivity index (χ4v) is 3.55. The molecule has 1 saturated heterocycles. The Balaban J connectivity index is 2.30. The molecule has 6 nitrogen and oxygen atoms in total. The molecule has 1 aromatic rings. The van der Waals surface area contributed by atoms with Crippen molar-refractivity contribution in [2.45, 2.75) is 45.5 Å². The number of rotatable bonds is 3. The number of nitrogens with two attached hydrogens (primary N) is 1. The minimum Gasteiger partial charge on any atom is -0.486 e. The number of alkyl halides is 1. The van der Waals surface area contributed by atoms with Crippen molar-refractivity contribution >= 4 is 27.9 Å². The van der Waals surface area contributed by atoms with Crippen LogP contribution in [0.1, 0.15) is 37.6 Å². The number of primary amides is 1. The van der Waals surface area contributed by atoms with E-state index in [1.165, 1.54) is 6.07 Å². The van der Waals surface area contributed by atoms with Crippen LogP contribution in [0.25, 0.3) is 0 Å². The van der Waals surface area contributed by atoms with Gasteiger partial charge in [-0.05, 0) is 23.6 Å². The summed E-state index contributed by atoms with van der Waals surface area (Å²) >= 11 is 3.25. The third kappa shape index (κ3) is 4.23. The molecule has 0 bridgehead atoms. The van der Waals surface area contributed by atoms with Crippen LogP contribution in [-0.4, -0.2) is 46.9 Å². The molecule has 1 aliphatic rings. The van der Waals surface area contributed by atoms with E-state index in [1.54, 1.807) is 32.9 Å². The van der Waals surface area contributed by atoms with Gasteiger partial charge in [0.2, 0.25) is 0 Å². The summed E-state index contributed by atoms with van der Waals surface area (Å²) in [5.74, 6) is -0.484. The first-order valence-corrected chi connectivity index (χ1v) is 8.71. The summed E-state index contributed by atoms with van der Waals surface area (Å²) in [5.41, 5.74) is 4.90. The van der Waals surface area contributed by atoms with Crippen LogP contribution in [0.2, 0.25) is 0 Å². The molecule has 0 spiro atoms. The molecule has 3 atom stereocenters. The number of carboxylic acid groups (broad SMARTS) is 1. The lowest BCUT2D eigenvalue weighted by Gasteiger charge is -2.46. The zero-order valence-corrected chi connectivity index (χ0v) is 15.9. The first-order valence-electron chi connectivity index (χ1n) is 7.92. The number of carbonyl (C=O) groups excluding carboxylic acids is 1. The smallest absolute Gasteiger partial charge is 0.407 e. The number of nitrogens with zero attached hydrogens (tertiary/aromatic N) is 1. The average Bonchev–Trinajstić information content (AvgIpc) is 2.48. The molecule has 0 radical (unpaired) electrons. The first kappa shape index (κ1) is 19.5. The number of hydrogen-bond acceptors (Lipinski definition) is 3. The number of amides is 2. The third-order valence-corrected chi connectivity index (χ3v) is 4.76. The highest BCUT2D eigenvalue weighted by Crippen LogP contribution is 2.36. The van der Waals surface area contributed by atoms with Crippen molar-refractivity contribution in [3.63, 3.8) is 0 Å². The number of benzene rings is 1. The highest BCUT2D eigenvalue weighted by molar-refractivity contribution is 9.10. The van der Waals surface area contributed by atoms with E-state index in [-0.39, 0.29) is 24.3 Å². The van der Waals surface area contributed by atoms with Crippen molar-refractivity contribution in [3.05, 3.63) is 28.2 Å². The number of likely N-dealkylation sites (tertiary alicyclic amines) is 1. The predicted molar refractivity (Wildman–Crippen MR) is 94.6 cm³/mol. The van der Waals surface area contributed by atoms with Gasteiger partial charge in [-0.3, -0.25) is 4.79 Å². The van der Waals surface area contributed by atoms with Gasteiger partial charge >= 0.3 is 6.09 Å². The Bertz CT molecular complexity index is 677. The Kier molecular flexibility index (Phi) is 5.61. The van der Waals surface area contributed by atoms with E-state index >= 15 is 4.39 Å². The molecule has 2 rings (SSSR count). The Hall–Kier alpha value is -1.83. The number of halogens is 2. The lowest BCUT2D eigenvalue weighted by atomic mass is 9.78. The molecule has 1 aromatic carbocycles. The van der Waals surface area contributed by atoms with E-state index < -0.39 is 35.7 Å². The van der Waals surface area contributed by atoms with Gasteiger partial charge in [0, 0.05) is 17.4 Å². The van der Waals surface area contributed by atoms with Crippen LogP contribution >= 0.6 is 15.9 Å². The summed E-state index contributed by atoms with van der Waals surface area (Å²) in [4.78, 5) is 24.2. The molecule has 1 unspecified atom stereocenters. The quantitative estimate of drug-likeness (QED) is 0.788. The van der Waals surface area contributed by atoms with E-state index in [2.05, 4.69) is 15.9 Å². The van der Waals surface area contributed by atoms with Crippen LogP contribution in [0.4, 0.5) is 9.18 Å². The van der Waals surface area contributed by atoms with Crippen molar-refractivity contribution in [1.82, 2.24) is 4.90 Å². The Labute approximate surface area is 154 Å². The zero-order chi connectivity index (χ0) is 18.9. The number of hydrogen-bond donors (Lipinski definition) is 2. The maximum Gasteiger partial charge on any atom is 0.407 e. The monoisotopic (exact) mass is 416 g/mol. The number of piperidine rings is 1. The second-order valence-corrected chi connectivity index (χ2v) is 8.10. The van der Waals surface area contributed by atoms with Gasteiger partial charge in [-0.2, -0.15) is 0 Å². The third-order valence-electron chi connectivity index (χ3n) is 4.27. The van der Waals surface area contributed by atoms with Crippen LogP contribution in [0, 0.1) is 5.41 Å². The molecule has 25 heavy (non-hydrogen) atoms. The van der Waals surface area contributed by atoms with Gasteiger partial charge in [0.1, 0.15) is 11.9 Å². The minimum atomic E-state index is -1.53. The Morgan fingerprint density at radius 3 is 2.56 bits per heavy atom. The van der Waals surface area contributed by atoms with E-state index in [4.69, 9.17) is 10.5 Å². The predicted octanol–water partition coefficient (Wildman–Crippen LogP) is 3.43. The van der Waals surface area contributed by atoms with Crippen molar-refractivity contribution in [2.24, 2.45) is 11.1 Å². The highest BCUT2D eigenvalue weighted by Gasteiger charge is 2.47. The number of carbonyl (C=O) groups is 2. The lowest BCUT2D eigenvalue weighted by Crippen LogP contribution is -2.60. The maximum atomic E-state index is 15.2.